The number of ketones is 1. The number of carbonyl (C=O) groups excluding carboxylic acids is 1. The second-order valence-corrected chi connectivity index (χ2v) is 9.53. The molecule has 0 bridgehead atoms. The summed E-state index contributed by atoms with van der Waals surface area (Å²) in [4.78, 5) is 13.6. The first-order chi connectivity index (χ1) is 14.8. The van der Waals surface area contributed by atoms with Crippen LogP contribution in [0.15, 0.2) is 84.9 Å². The van der Waals surface area contributed by atoms with Crippen molar-refractivity contribution < 1.29 is 9.90 Å². The predicted octanol–water partition coefficient (Wildman–Crippen LogP) is 6.16. The van der Waals surface area contributed by atoms with Crippen molar-refractivity contribution in [3.8, 4) is 0 Å². The van der Waals surface area contributed by atoms with E-state index < -0.39 is 5.60 Å². The van der Waals surface area contributed by atoms with Crippen molar-refractivity contribution >= 4 is 16.6 Å². The summed E-state index contributed by atoms with van der Waals surface area (Å²) in [5.41, 5.74) is 3.17. The van der Waals surface area contributed by atoms with Crippen LogP contribution in [0.25, 0.3) is 10.8 Å². The topological polar surface area (TPSA) is 37.3 Å². The lowest BCUT2D eigenvalue weighted by Gasteiger charge is -2.38. The first kappa shape index (κ1) is 19.7. The number of aliphatic hydroxyl groups is 1. The van der Waals surface area contributed by atoms with Gasteiger partial charge in [-0.3, -0.25) is 4.79 Å². The van der Waals surface area contributed by atoms with Crippen LogP contribution in [0.5, 0.6) is 0 Å². The molecule has 2 nitrogen and oxygen atoms in total. The van der Waals surface area contributed by atoms with Gasteiger partial charge in [0, 0.05) is 17.5 Å². The normalized spacial score (nSPS) is 18.0. The van der Waals surface area contributed by atoms with Crippen molar-refractivity contribution in [2.75, 3.05) is 0 Å². The molecule has 0 aliphatic heterocycles. The molecule has 31 heavy (non-hydrogen) atoms. The average molecular weight is 407 g/mol. The van der Waals surface area contributed by atoms with Gasteiger partial charge in [-0.15, -0.1) is 0 Å². The highest BCUT2D eigenvalue weighted by molar-refractivity contribution is 6.14. The van der Waals surface area contributed by atoms with Crippen molar-refractivity contribution in [1.29, 1.82) is 0 Å². The third-order valence-electron chi connectivity index (χ3n) is 6.49. The zero-order valence-electron chi connectivity index (χ0n) is 18.1. The van der Waals surface area contributed by atoms with Gasteiger partial charge in [0.25, 0.3) is 0 Å². The van der Waals surface area contributed by atoms with Crippen LogP contribution in [0.3, 0.4) is 0 Å². The van der Waals surface area contributed by atoms with E-state index in [1.807, 2.05) is 60.7 Å². The van der Waals surface area contributed by atoms with Gasteiger partial charge in [-0.25, -0.2) is 0 Å². The van der Waals surface area contributed by atoms with Crippen LogP contribution in [-0.2, 0) is 17.4 Å². The van der Waals surface area contributed by atoms with E-state index >= 15 is 0 Å². The summed E-state index contributed by atoms with van der Waals surface area (Å²) in [5.74, 6) is -0.00119. The number of fused-ring (bicyclic) bond motifs is 3. The highest BCUT2D eigenvalue weighted by atomic mass is 16.3. The van der Waals surface area contributed by atoms with Crippen LogP contribution in [0.2, 0.25) is 0 Å². The summed E-state index contributed by atoms with van der Waals surface area (Å²) >= 11 is 0. The minimum absolute atomic E-state index is 0.00119. The summed E-state index contributed by atoms with van der Waals surface area (Å²) < 4.78 is 0. The van der Waals surface area contributed by atoms with E-state index in [1.54, 1.807) is 0 Å². The molecule has 1 unspecified atom stereocenters. The molecule has 2 heteroatoms. The zero-order chi connectivity index (χ0) is 21.8. The third kappa shape index (κ3) is 3.02. The van der Waals surface area contributed by atoms with Crippen molar-refractivity contribution in [3.63, 3.8) is 0 Å². The van der Waals surface area contributed by atoms with Gasteiger partial charge in [-0.1, -0.05) is 106 Å². The molecule has 1 N–H and O–H groups in total. The Morgan fingerprint density at radius 2 is 1.42 bits per heavy atom. The van der Waals surface area contributed by atoms with Gasteiger partial charge >= 0.3 is 0 Å². The van der Waals surface area contributed by atoms with Crippen molar-refractivity contribution in [3.05, 3.63) is 118 Å². The molecule has 0 radical (unpaired) electrons. The molecule has 1 aliphatic rings. The Labute approximate surface area is 183 Å². The Morgan fingerprint density at radius 1 is 0.774 bits per heavy atom. The Hall–Kier alpha value is -3.23. The van der Waals surface area contributed by atoms with E-state index in [0.29, 0.717) is 28.7 Å². The molecule has 0 amide bonds. The number of benzene rings is 4. The summed E-state index contributed by atoms with van der Waals surface area (Å²) in [6.07, 6.45) is 0.402. The third-order valence-corrected chi connectivity index (χ3v) is 6.49. The first-order valence-corrected chi connectivity index (χ1v) is 10.8. The smallest absolute Gasteiger partial charge is 0.194 e. The van der Waals surface area contributed by atoms with E-state index in [9.17, 15) is 9.90 Å². The Balaban J connectivity index is 1.80. The molecule has 4 aromatic carbocycles. The molecule has 4 aromatic rings. The minimum atomic E-state index is -1.29. The van der Waals surface area contributed by atoms with Crippen LogP contribution in [0, 0.1) is 0 Å². The quantitative estimate of drug-likeness (QED) is 0.433. The lowest BCUT2D eigenvalue weighted by molar-refractivity contribution is 0.0720. The van der Waals surface area contributed by atoms with Gasteiger partial charge in [0.1, 0.15) is 5.60 Å². The van der Waals surface area contributed by atoms with Gasteiger partial charge in [0.2, 0.25) is 0 Å². The first-order valence-electron chi connectivity index (χ1n) is 10.8. The number of hydrogen-bond acceptors (Lipinski definition) is 2. The summed E-state index contributed by atoms with van der Waals surface area (Å²) in [7, 11) is 0. The van der Waals surface area contributed by atoms with Crippen molar-refractivity contribution in [2.24, 2.45) is 0 Å². The van der Waals surface area contributed by atoms with Crippen LogP contribution in [0.1, 0.15) is 58.9 Å². The number of rotatable bonds is 2. The fourth-order valence-corrected chi connectivity index (χ4v) is 5.00. The molecule has 154 valence electrons. The Bertz CT molecular complexity index is 1320. The molecule has 0 saturated heterocycles. The lowest BCUT2D eigenvalue weighted by atomic mass is 9.68. The molecule has 0 fully saturated rings. The van der Waals surface area contributed by atoms with Crippen molar-refractivity contribution in [2.45, 2.75) is 38.2 Å². The van der Waals surface area contributed by atoms with Crippen LogP contribution >= 0.6 is 0 Å². The highest BCUT2D eigenvalue weighted by Crippen LogP contribution is 2.45. The molecular formula is C29H26O2. The Morgan fingerprint density at radius 3 is 2.23 bits per heavy atom. The molecule has 1 atom stereocenters. The molecule has 0 heterocycles. The lowest BCUT2D eigenvalue weighted by Crippen LogP contribution is -2.39. The van der Waals surface area contributed by atoms with Crippen molar-refractivity contribution in [1.82, 2.24) is 0 Å². The monoisotopic (exact) mass is 406 g/mol. The SMILES string of the molecule is CC(C)(C)c1cccc2c1C(=O)c1ccccc1C2(O)Cc1cccc2ccccc12. The maximum atomic E-state index is 13.6. The molecule has 1 aliphatic carbocycles. The largest absolute Gasteiger partial charge is 0.380 e. The van der Waals surface area contributed by atoms with E-state index in [1.165, 1.54) is 0 Å². The van der Waals surface area contributed by atoms with Gasteiger partial charge in [0.05, 0.1) is 0 Å². The van der Waals surface area contributed by atoms with Gasteiger partial charge in [-0.05, 0) is 38.4 Å². The molecule has 5 rings (SSSR count). The second-order valence-electron chi connectivity index (χ2n) is 9.53. The van der Waals surface area contributed by atoms with Gasteiger partial charge in [-0.2, -0.15) is 0 Å². The molecular weight excluding hydrogens is 380 g/mol. The minimum Gasteiger partial charge on any atom is -0.380 e. The highest BCUT2D eigenvalue weighted by Gasteiger charge is 2.44. The fourth-order valence-electron chi connectivity index (χ4n) is 5.00. The number of hydrogen-bond donors (Lipinski definition) is 1. The maximum absolute atomic E-state index is 13.6. The predicted molar refractivity (Wildman–Crippen MR) is 126 cm³/mol. The molecule has 0 aromatic heterocycles. The van der Waals surface area contributed by atoms with Gasteiger partial charge < -0.3 is 5.11 Å². The number of carbonyl (C=O) groups is 1. The summed E-state index contributed by atoms with van der Waals surface area (Å²) in [6, 6.07) is 27.9. The van der Waals surface area contributed by atoms with E-state index in [0.717, 1.165) is 21.9 Å². The van der Waals surface area contributed by atoms with Gasteiger partial charge in [0.15, 0.2) is 5.78 Å². The Kier molecular flexibility index (Phi) is 4.39. The zero-order valence-corrected chi connectivity index (χ0v) is 18.1. The van der Waals surface area contributed by atoms with E-state index in [4.69, 9.17) is 0 Å². The second kappa shape index (κ2) is 6.90. The fraction of sp³-hybridized carbons (Fsp3) is 0.207. The molecule has 0 saturated carbocycles. The standard InChI is InChI=1S/C29H26O2/c1-28(2,3)24-16-9-17-25-26(24)27(30)22-14-6-7-15-23(22)29(25,31)18-20-12-8-11-19-10-4-5-13-21(19)20/h4-17,31H,18H2,1-3H3. The van der Waals surface area contributed by atoms with Crippen LogP contribution < -0.4 is 0 Å². The summed E-state index contributed by atoms with van der Waals surface area (Å²) in [6.45, 7) is 6.33. The van der Waals surface area contributed by atoms with Crippen LogP contribution in [0.4, 0.5) is 0 Å². The maximum Gasteiger partial charge on any atom is 0.194 e. The summed E-state index contributed by atoms with van der Waals surface area (Å²) in [5, 5.41) is 14.6. The average Bonchev–Trinajstić information content (AvgIpc) is 2.77. The molecule has 0 spiro atoms. The van der Waals surface area contributed by atoms with Crippen LogP contribution in [-0.4, -0.2) is 10.9 Å². The van der Waals surface area contributed by atoms with E-state index in [2.05, 4.69) is 45.0 Å². The van der Waals surface area contributed by atoms with E-state index in [-0.39, 0.29) is 11.2 Å².